The molecule has 1 fully saturated rings. The molecule has 10 nitrogen and oxygen atoms in total. The van der Waals surface area contributed by atoms with Crippen molar-refractivity contribution in [3.05, 3.63) is 54.7 Å². The molecule has 4 aromatic rings. The van der Waals surface area contributed by atoms with Gasteiger partial charge in [0.05, 0.1) is 46.9 Å². The Labute approximate surface area is 221 Å². The van der Waals surface area contributed by atoms with E-state index < -0.39 is 0 Å². The zero-order chi connectivity index (χ0) is 26.2. The van der Waals surface area contributed by atoms with Crippen molar-refractivity contribution in [3.63, 3.8) is 0 Å². The Kier molecular flexibility index (Phi) is 6.32. The second-order valence-electron chi connectivity index (χ2n) is 10.6. The molecule has 1 amide bonds. The fourth-order valence-corrected chi connectivity index (χ4v) is 5.15. The highest BCUT2D eigenvalue weighted by Gasteiger charge is 2.29. The summed E-state index contributed by atoms with van der Waals surface area (Å²) >= 11 is 0. The molecule has 5 heterocycles. The molecule has 2 aliphatic heterocycles. The number of pyridine rings is 2. The van der Waals surface area contributed by atoms with Gasteiger partial charge in [-0.1, -0.05) is 19.9 Å². The van der Waals surface area contributed by atoms with E-state index >= 15 is 0 Å². The van der Waals surface area contributed by atoms with Crippen molar-refractivity contribution in [1.82, 2.24) is 25.1 Å². The lowest BCUT2D eigenvalue weighted by atomic mass is 10.0. The van der Waals surface area contributed by atoms with Gasteiger partial charge in [0.1, 0.15) is 11.9 Å². The predicted octanol–water partition coefficient (Wildman–Crippen LogP) is 4.29. The molecule has 0 radical (unpaired) electrons. The molecule has 0 bridgehead atoms. The van der Waals surface area contributed by atoms with Gasteiger partial charge >= 0.3 is 0 Å². The monoisotopic (exact) mass is 511 g/mol. The zero-order valence-electron chi connectivity index (χ0n) is 22.0. The van der Waals surface area contributed by atoms with Crippen LogP contribution in [0.2, 0.25) is 0 Å². The van der Waals surface area contributed by atoms with Gasteiger partial charge in [-0.05, 0) is 36.7 Å². The molecule has 0 aliphatic carbocycles. The number of carbonyl (C=O) groups is 1. The molecule has 1 saturated heterocycles. The first-order valence-corrected chi connectivity index (χ1v) is 13.1. The molecule has 196 valence electrons. The summed E-state index contributed by atoms with van der Waals surface area (Å²) in [5.41, 5.74) is 7.63. The van der Waals surface area contributed by atoms with Crippen molar-refractivity contribution in [2.24, 2.45) is 5.92 Å². The third-order valence-corrected chi connectivity index (χ3v) is 7.17. The Morgan fingerprint density at radius 1 is 1.03 bits per heavy atom. The maximum absolute atomic E-state index is 12.3. The van der Waals surface area contributed by atoms with Gasteiger partial charge in [0, 0.05) is 49.7 Å². The Balaban J connectivity index is 1.26. The van der Waals surface area contributed by atoms with E-state index in [0.717, 1.165) is 71.0 Å². The minimum absolute atomic E-state index is 0.00472. The topological polar surface area (TPSA) is 114 Å². The maximum atomic E-state index is 12.3. The van der Waals surface area contributed by atoms with E-state index in [-0.39, 0.29) is 12.1 Å². The third-order valence-electron chi connectivity index (χ3n) is 7.17. The van der Waals surface area contributed by atoms with Crippen LogP contribution in [0.4, 0.5) is 22.7 Å². The van der Waals surface area contributed by atoms with Gasteiger partial charge in [0.2, 0.25) is 5.91 Å². The molecule has 6 rings (SSSR count). The number of carbonyl (C=O) groups excluding carboxylic acids is 1. The van der Waals surface area contributed by atoms with Gasteiger partial charge in [-0.25, -0.2) is 0 Å². The van der Waals surface area contributed by atoms with E-state index in [1.807, 2.05) is 50.6 Å². The van der Waals surface area contributed by atoms with E-state index in [9.17, 15) is 4.79 Å². The number of rotatable bonds is 6. The van der Waals surface area contributed by atoms with Gasteiger partial charge in [-0.2, -0.15) is 5.10 Å². The fourth-order valence-electron chi connectivity index (χ4n) is 5.15. The van der Waals surface area contributed by atoms with Gasteiger partial charge in [-0.3, -0.25) is 19.9 Å². The molecule has 2 aliphatic rings. The number of aromatic nitrogens is 4. The van der Waals surface area contributed by atoms with E-state index in [4.69, 9.17) is 0 Å². The molecule has 38 heavy (non-hydrogen) atoms. The number of benzene rings is 1. The maximum Gasteiger partial charge on any atom is 0.224 e. The van der Waals surface area contributed by atoms with Gasteiger partial charge in [0.25, 0.3) is 0 Å². The summed E-state index contributed by atoms with van der Waals surface area (Å²) in [5.74, 6) is 0.292. The molecule has 4 N–H and O–H groups in total. The summed E-state index contributed by atoms with van der Waals surface area (Å²) in [7, 11) is 2.16. The van der Waals surface area contributed by atoms with Crippen molar-refractivity contribution in [2.45, 2.75) is 26.4 Å². The average Bonchev–Trinajstić information content (AvgIpc) is 3.52. The Morgan fingerprint density at radius 2 is 1.84 bits per heavy atom. The van der Waals surface area contributed by atoms with Gasteiger partial charge < -0.3 is 25.8 Å². The molecule has 0 saturated carbocycles. The van der Waals surface area contributed by atoms with Crippen LogP contribution in [0, 0.1) is 5.92 Å². The Morgan fingerprint density at radius 3 is 2.66 bits per heavy atom. The number of hydrogen-bond donors (Lipinski definition) is 4. The van der Waals surface area contributed by atoms with Crippen molar-refractivity contribution in [1.29, 1.82) is 0 Å². The molecular formula is C28H33N9O. The second kappa shape index (κ2) is 9.94. The fraction of sp³-hybridized carbons (Fsp3) is 0.357. The normalized spacial score (nSPS) is 17.4. The quantitative estimate of drug-likeness (QED) is 0.303. The van der Waals surface area contributed by atoms with Gasteiger partial charge in [-0.15, -0.1) is 0 Å². The average molecular weight is 512 g/mol. The number of fused-ring (bicyclic) bond motifs is 2. The molecule has 1 aromatic carbocycles. The minimum Gasteiger partial charge on any atom is -0.366 e. The van der Waals surface area contributed by atoms with Crippen LogP contribution >= 0.6 is 0 Å². The molecule has 0 spiro atoms. The summed E-state index contributed by atoms with van der Waals surface area (Å²) in [6.07, 6.45) is 7.59. The lowest BCUT2D eigenvalue weighted by molar-refractivity contribution is -0.116. The van der Waals surface area contributed by atoms with Crippen LogP contribution in [0.5, 0.6) is 0 Å². The van der Waals surface area contributed by atoms with E-state index in [1.54, 1.807) is 6.20 Å². The number of amides is 1. The number of aromatic amines is 1. The third kappa shape index (κ3) is 4.74. The van der Waals surface area contributed by atoms with Crippen molar-refractivity contribution in [3.8, 4) is 11.1 Å². The SMILES string of the molecule is CC(C)CC(=O)Nc1cncc(-c2ccc3[nH]nc(C4Nc5cncc(N6CCN(C)CC6)c5N4)c3c2)c1. The van der Waals surface area contributed by atoms with Crippen molar-refractivity contribution < 1.29 is 4.79 Å². The molecule has 10 heteroatoms. The largest absolute Gasteiger partial charge is 0.366 e. The second-order valence-corrected chi connectivity index (χ2v) is 10.6. The number of H-pyrrole nitrogens is 1. The summed E-state index contributed by atoms with van der Waals surface area (Å²) in [5, 5.41) is 19.1. The van der Waals surface area contributed by atoms with E-state index in [2.05, 4.69) is 59.0 Å². The van der Waals surface area contributed by atoms with Crippen LogP contribution in [0.15, 0.2) is 49.1 Å². The van der Waals surface area contributed by atoms with Crippen LogP contribution in [0.1, 0.15) is 32.1 Å². The lowest BCUT2D eigenvalue weighted by Crippen LogP contribution is -2.44. The van der Waals surface area contributed by atoms with Crippen LogP contribution in [0.25, 0.3) is 22.0 Å². The van der Waals surface area contributed by atoms with Crippen molar-refractivity contribution >= 4 is 39.6 Å². The van der Waals surface area contributed by atoms with Crippen LogP contribution in [0.3, 0.4) is 0 Å². The summed E-state index contributed by atoms with van der Waals surface area (Å²) < 4.78 is 0. The van der Waals surface area contributed by atoms with Crippen molar-refractivity contribution in [2.75, 3.05) is 54.1 Å². The number of anilines is 4. The first kappa shape index (κ1) is 24.2. The minimum atomic E-state index is -0.191. The first-order valence-electron chi connectivity index (χ1n) is 13.1. The highest BCUT2D eigenvalue weighted by atomic mass is 16.1. The highest BCUT2D eigenvalue weighted by molar-refractivity contribution is 5.93. The molecule has 1 atom stereocenters. The van der Waals surface area contributed by atoms with Crippen LogP contribution in [-0.4, -0.2) is 64.2 Å². The number of hydrogen-bond acceptors (Lipinski definition) is 8. The van der Waals surface area contributed by atoms with Crippen LogP contribution in [-0.2, 0) is 4.79 Å². The number of nitrogens with zero attached hydrogens (tertiary/aromatic N) is 5. The standard InChI is InChI=1S/C28H33N9O/c1-17(2)10-25(38)31-20-11-19(13-29-14-20)18-4-5-22-21(12-18)26(35-34-22)28-32-23-15-30-16-24(27(23)33-28)37-8-6-36(3)7-9-37/h4-5,11-17,28,32-33H,6-10H2,1-3H3,(H,31,38)(H,34,35). The molecule has 1 unspecified atom stereocenters. The van der Waals surface area contributed by atoms with E-state index in [0.29, 0.717) is 18.0 Å². The summed E-state index contributed by atoms with van der Waals surface area (Å²) in [6.45, 7) is 8.07. The zero-order valence-corrected chi connectivity index (χ0v) is 22.0. The van der Waals surface area contributed by atoms with Gasteiger partial charge in [0.15, 0.2) is 0 Å². The first-order chi connectivity index (χ1) is 18.4. The summed E-state index contributed by atoms with van der Waals surface area (Å²) in [6, 6.07) is 8.16. The predicted molar refractivity (Wildman–Crippen MR) is 151 cm³/mol. The van der Waals surface area contributed by atoms with E-state index in [1.165, 1.54) is 0 Å². The molecule has 3 aromatic heterocycles. The number of piperazine rings is 1. The Hall–Kier alpha value is -4.18. The van der Waals surface area contributed by atoms with Crippen LogP contribution < -0.4 is 20.9 Å². The highest BCUT2D eigenvalue weighted by Crippen LogP contribution is 2.42. The Bertz CT molecular complexity index is 1470. The summed E-state index contributed by atoms with van der Waals surface area (Å²) in [4.78, 5) is 25.9. The smallest absolute Gasteiger partial charge is 0.224 e. The lowest BCUT2D eigenvalue weighted by Gasteiger charge is -2.34. The number of likely N-dealkylation sites (N-methyl/N-ethyl adjacent to an activating group) is 1. The molecular weight excluding hydrogens is 478 g/mol. The number of nitrogens with one attached hydrogen (secondary N) is 4.